The van der Waals surface area contributed by atoms with Crippen LogP contribution in [0.1, 0.15) is 26.2 Å². The molecule has 1 fully saturated rings. The predicted octanol–water partition coefficient (Wildman–Crippen LogP) is 0.0672. The van der Waals surface area contributed by atoms with Gasteiger partial charge >= 0.3 is 0 Å². The molecule has 17 heavy (non-hydrogen) atoms. The summed E-state index contributed by atoms with van der Waals surface area (Å²) in [5.41, 5.74) is 5.44. The third-order valence-electron chi connectivity index (χ3n) is 2.98. The fourth-order valence-electron chi connectivity index (χ4n) is 1.90. The summed E-state index contributed by atoms with van der Waals surface area (Å²) in [6, 6.07) is 0. The molecule has 0 aliphatic carbocycles. The van der Waals surface area contributed by atoms with Crippen LogP contribution in [-0.2, 0) is 4.79 Å². The molecular formula is C11H22N4O2. The summed E-state index contributed by atoms with van der Waals surface area (Å²) >= 11 is 0. The van der Waals surface area contributed by atoms with Crippen molar-refractivity contribution in [2.24, 2.45) is 10.9 Å². The fraction of sp³-hybridized carbons (Fsp3) is 0.818. The third-order valence-corrected chi connectivity index (χ3v) is 2.98. The SMILES string of the molecule is CCCCC(=O)N1CCN(CC(N)=NO)CC1. The van der Waals surface area contributed by atoms with Gasteiger partial charge in [-0.2, -0.15) is 0 Å². The maximum absolute atomic E-state index is 11.8. The van der Waals surface area contributed by atoms with Crippen molar-refractivity contribution in [3.05, 3.63) is 0 Å². The van der Waals surface area contributed by atoms with Gasteiger partial charge in [-0.3, -0.25) is 9.69 Å². The van der Waals surface area contributed by atoms with Crippen LogP contribution >= 0.6 is 0 Å². The summed E-state index contributed by atoms with van der Waals surface area (Å²) in [7, 11) is 0. The van der Waals surface area contributed by atoms with Crippen molar-refractivity contribution in [1.82, 2.24) is 9.80 Å². The molecule has 0 aromatic carbocycles. The average Bonchev–Trinajstić information content (AvgIpc) is 2.36. The Morgan fingerprint density at radius 1 is 1.35 bits per heavy atom. The van der Waals surface area contributed by atoms with Gasteiger partial charge in [-0.05, 0) is 6.42 Å². The number of nitrogens with two attached hydrogens (primary N) is 1. The topological polar surface area (TPSA) is 82.2 Å². The van der Waals surface area contributed by atoms with Crippen molar-refractivity contribution in [2.45, 2.75) is 26.2 Å². The summed E-state index contributed by atoms with van der Waals surface area (Å²) in [5.74, 6) is 0.464. The molecule has 0 spiro atoms. The molecule has 6 nitrogen and oxygen atoms in total. The monoisotopic (exact) mass is 242 g/mol. The summed E-state index contributed by atoms with van der Waals surface area (Å²) in [5, 5.41) is 11.4. The van der Waals surface area contributed by atoms with E-state index in [-0.39, 0.29) is 11.7 Å². The van der Waals surface area contributed by atoms with Crippen LogP contribution in [0.15, 0.2) is 5.16 Å². The quantitative estimate of drug-likeness (QED) is 0.309. The lowest BCUT2D eigenvalue weighted by Crippen LogP contribution is -2.50. The van der Waals surface area contributed by atoms with Crippen LogP contribution in [-0.4, -0.2) is 59.5 Å². The number of oxime groups is 1. The molecule has 0 unspecified atom stereocenters. The van der Waals surface area contributed by atoms with Crippen LogP contribution in [0, 0.1) is 0 Å². The zero-order valence-corrected chi connectivity index (χ0v) is 10.4. The number of unbranched alkanes of at least 4 members (excludes halogenated alkanes) is 1. The molecule has 1 rings (SSSR count). The third kappa shape index (κ3) is 4.60. The highest BCUT2D eigenvalue weighted by molar-refractivity contribution is 5.81. The Hall–Kier alpha value is -1.30. The second-order valence-electron chi connectivity index (χ2n) is 4.35. The molecule has 0 radical (unpaired) electrons. The van der Waals surface area contributed by atoms with E-state index in [1.54, 1.807) is 0 Å². The summed E-state index contributed by atoms with van der Waals surface area (Å²) < 4.78 is 0. The van der Waals surface area contributed by atoms with E-state index in [4.69, 9.17) is 10.9 Å². The number of nitrogens with zero attached hydrogens (tertiary/aromatic N) is 3. The van der Waals surface area contributed by atoms with Gasteiger partial charge in [0, 0.05) is 32.6 Å². The van der Waals surface area contributed by atoms with Crippen LogP contribution in [0.5, 0.6) is 0 Å². The molecular weight excluding hydrogens is 220 g/mol. The van der Waals surface area contributed by atoms with Gasteiger partial charge in [-0.25, -0.2) is 0 Å². The van der Waals surface area contributed by atoms with Gasteiger partial charge in [-0.15, -0.1) is 0 Å². The largest absolute Gasteiger partial charge is 0.409 e. The van der Waals surface area contributed by atoms with E-state index in [0.29, 0.717) is 13.0 Å². The lowest BCUT2D eigenvalue weighted by molar-refractivity contribution is -0.132. The van der Waals surface area contributed by atoms with Crippen molar-refractivity contribution in [3.8, 4) is 0 Å². The maximum Gasteiger partial charge on any atom is 0.222 e. The van der Waals surface area contributed by atoms with Crippen molar-refractivity contribution in [2.75, 3.05) is 32.7 Å². The minimum atomic E-state index is 0.218. The van der Waals surface area contributed by atoms with Crippen molar-refractivity contribution in [1.29, 1.82) is 0 Å². The first-order chi connectivity index (χ1) is 8.17. The molecule has 3 N–H and O–H groups in total. The van der Waals surface area contributed by atoms with E-state index < -0.39 is 0 Å². The minimum Gasteiger partial charge on any atom is -0.409 e. The van der Waals surface area contributed by atoms with Crippen molar-refractivity contribution < 1.29 is 10.0 Å². The van der Waals surface area contributed by atoms with E-state index in [2.05, 4.69) is 17.0 Å². The number of carbonyl (C=O) groups excluding carboxylic acids is 1. The minimum absolute atomic E-state index is 0.218. The number of amidine groups is 1. The van der Waals surface area contributed by atoms with E-state index in [9.17, 15) is 4.79 Å². The Kier molecular flexibility index (Phi) is 5.76. The van der Waals surface area contributed by atoms with Crippen LogP contribution in [0.4, 0.5) is 0 Å². The number of piperazine rings is 1. The molecule has 0 saturated carbocycles. The average molecular weight is 242 g/mol. The first-order valence-electron chi connectivity index (χ1n) is 6.14. The predicted molar refractivity (Wildman–Crippen MR) is 66.0 cm³/mol. The van der Waals surface area contributed by atoms with Crippen LogP contribution < -0.4 is 5.73 Å². The number of carbonyl (C=O) groups is 1. The Balaban J connectivity index is 2.28. The van der Waals surface area contributed by atoms with E-state index in [0.717, 1.165) is 39.0 Å². The molecule has 98 valence electrons. The number of rotatable bonds is 5. The molecule has 6 heteroatoms. The first-order valence-corrected chi connectivity index (χ1v) is 6.14. The highest BCUT2D eigenvalue weighted by Gasteiger charge is 2.20. The van der Waals surface area contributed by atoms with Crippen LogP contribution in [0.2, 0.25) is 0 Å². The van der Waals surface area contributed by atoms with Gasteiger partial charge < -0.3 is 15.8 Å². The number of hydrogen-bond acceptors (Lipinski definition) is 4. The Labute approximate surface area is 102 Å². The first kappa shape index (κ1) is 13.8. The van der Waals surface area contributed by atoms with Crippen LogP contribution in [0.25, 0.3) is 0 Å². The second kappa shape index (κ2) is 7.11. The number of amides is 1. The highest BCUT2D eigenvalue weighted by atomic mass is 16.4. The number of hydrogen-bond donors (Lipinski definition) is 2. The molecule has 1 heterocycles. The highest BCUT2D eigenvalue weighted by Crippen LogP contribution is 2.05. The molecule has 0 aromatic heterocycles. The molecule has 1 aliphatic heterocycles. The normalized spacial score (nSPS) is 18.4. The fourth-order valence-corrected chi connectivity index (χ4v) is 1.90. The summed E-state index contributed by atoms with van der Waals surface area (Å²) in [6.45, 7) is 5.60. The molecule has 1 saturated heterocycles. The summed E-state index contributed by atoms with van der Waals surface area (Å²) in [6.07, 6.45) is 2.66. The van der Waals surface area contributed by atoms with E-state index >= 15 is 0 Å². The van der Waals surface area contributed by atoms with Crippen LogP contribution in [0.3, 0.4) is 0 Å². The van der Waals surface area contributed by atoms with E-state index in [1.165, 1.54) is 0 Å². The van der Waals surface area contributed by atoms with Gasteiger partial charge in [0.15, 0.2) is 5.84 Å². The van der Waals surface area contributed by atoms with Gasteiger partial charge in [0.1, 0.15) is 0 Å². The van der Waals surface area contributed by atoms with Gasteiger partial charge in [0.05, 0.1) is 6.54 Å². The molecule has 0 bridgehead atoms. The molecule has 1 amide bonds. The van der Waals surface area contributed by atoms with Gasteiger partial charge in [-0.1, -0.05) is 18.5 Å². The van der Waals surface area contributed by atoms with Gasteiger partial charge in [0.2, 0.25) is 5.91 Å². The Morgan fingerprint density at radius 2 is 2.00 bits per heavy atom. The molecule has 0 aromatic rings. The molecule has 0 atom stereocenters. The Bertz CT molecular complexity index is 273. The zero-order valence-electron chi connectivity index (χ0n) is 10.4. The maximum atomic E-state index is 11.8. The van der Waals surface area contributed by atoms with E-state index in [1.807, 2.05) is 4.90 Å². The standard InChI is InChI=1S/C11H22N4O2/c1-2-3-4-11(16)15-7-5-14(6-8-15)9-10(12)13-17/h17H,2-9H2,1H3,(H2,12,13). The lowest BCUT2D eigenvalue weighted by atomic mass is 10.2. The Morgan fingerprint density at radius 3 is 2.53 bits per heavy atom. The lowest BCUT2D eigenvalue weighted by Gasteiger charge is -2.34. The zero-order chi connectivity index (χ0) is 12.7. The second-order valence-corrected chi connectivity index (χ2v) is 4.35. The van der Waals surface area contributed by atoms with Gasteiger partial charge in [0.25, 0.3) is 0 Å². The van der Waals surface area contributed by atoms with Crippen molar-refractivity contribution >= 4 is 11.7 Å². The smallest absolute Gasteiger partial charge is 0.222 e. The summed E-state index contributed by atoms with van der Waals surface area (Å²) in [4.78, 5) is 15.7. The van der Waals surface area contributed by atoms with Crippen molar-refractivity contribution in [3.63, 3.8) is 0 Å². The molecule has 1 aliphatic rings.